The second-order valence-electron chi connectivity index (χ2n) is 3.36. The van der Waals surface area contributed by atoms with E-state index >= 15 is 0 Å². The van der Waals surface area contributed by atoms with Gasteiger partial charge < -0.3 is 4.98 Å². The standard InChI is InChI=1S/C10H14ClNO/c1-5-6(2)9(12-8(5)4)10(13)7(3)11/h7,12H,1-4H3. The highest BCUT2D eigenvalue weighted by atomic mass is 35.5. The van der Waals surface area contributed by atoms with E-state index in [1.54, 1.807) is 6.92 Å². The van der Waals surface area contributed by atoms with Crippen molar-refractivity contribution in [2.75, 3.05) is 0 Å². The first-order chi connectivity index (χ1) is 5.95. The molecule has 0 amide bonds. The van der Waals surface area contributed by atoms with Crippen LogP contribution in [0.1, 0.15) is 34.2 Å². The molecule has 0 aliphatic carbocycles. The Bertz CT molecular complexity index is 339. The first-order valence-electron chi connectivity index (χ1n) is 4.29. The molecule has 1 N–H and O–H groups in total. The average molecular weight is 200 g/mol. The number of aryl methyl sites for hydroxylation is 1. The summed E-state index contributed by atoms with van der Waals surface area (Å²) in [7, 11) is 0. The largest absolute Gasteiger partial charge is 0.356 e. The van der Waals surface area contributed by atoms with Gasteiger partial charge in [-0.05, 0) is 38.8 Å². The Morgan fingerprint density at radius 2 is 1.85 bits per heavy atom. The molecule has 0 spiro atoms. The molecule has 1 aromatic heterocycles. The molecule has 1 aromatic rings. The number of carbonyl (C=O) groups excluding carboxylic acids is 1. The SMILES string of the molecule is Cc1[nH]c(C(=O)C(C)Cl)c(C)c1C. The van der Waals surface area contributed by atoms with E-state index in [-0.39, 0.29) is 5.78 Å². The molecule has 0 saturated carbocycles. The number of Topliss-reactive ketones (excluding diaryl/α,β-unsaturated/α-hetero) is 1. The monoisotopic (exact) mass is 199 g/mol. The molecule has 72 valence electrons. The van der Waals surface area contributed by atoms with Crippen molar-refractivity contribution in [1.29, 1.82) is 0 Å². The van der Waals surface area contributed by atoms with Gasteiger partial charge in [-0.15, -0.1) is 11.6 Å². The summed E-state index contributed by atoms with van der Waals surface area (Å²) in [5.74, 6) is -0.0321. The van der Waals surface area contributed by atoms with Crippen molar-refractivity contribution in [2.45, 2.75) is 33.1 Å². The quantitative estimate of drug-likeness (QED) is 0.577. The Labute approximate surface area is 83.3 Å². The van der Waals surface area contributed by atoms with E-state index in [1.807, 2.05) is 20.8 Å². The zero-order valence-corrected chi connectivity index (χ0v) is 9.12. The van der Waals surface area contributed by atoms with Gasteiger partial charge in [-0.2, -0.15) is 0 Å². The molecule has 0 fully saturated rings. The Morgan fingerprint density at radius 3 is 2.15 bits per heavy atom. The van der Waals surface area contributed by atoms with E-state index < -0.39 is 5.38 Å². The van der Waals surface area contributed by atoms with Crippen LogP contribution in [0.5, 0.6) is 0 Å². The number of carbonyl (C=O) groups is 1. The zero-order valence-electron chi connectivity index (χ0n) is 8.36. The number of hydrogen-bond acceptors (Lipinski definition) is 1. The second-order valence-corrected chi connectivity index (χ2v) is 4.01. The van der Waals surface area contributed by atoms with Gasteiger partial charge in [0.2, 0.25) is 0 Å². The molecule has 0 saturated heterocycles. The first-order valence-corrected chi connectivity index (χ1v) is 4.72. The Morgan fingerprint density at radius 1 is 1.31 bits per heavy atom. The predicted octanol–water partition coefficient (Wildman–Crippen LogP) is 2.75. The first kappa shape index (κ1) is 10.3. The van der Waals surface area contributed by atoms with Crippen LogP contribution in [0.15, 0.2) is 0 Å². The smallest absolute Gasteiger partial charge is 0.196 e. The van der Waals surface area contributed by atoms with Crippen molar-refractivity contribution in [3.8, 4) is 0 Å². The van der Waals surface area contributed by atoms with Crippen LogP contribution in [0.3, 0.4) is 0 Å². The molecule has 0 bridgehead atoms. The summed E-state index contributed by atoms with van der Waals surface area (Å²) in [5.41, 5.74) is 3.84. The maximum absolute atomic E-state index is 11.6. The van der Waals surface area contributed by atoms with Crippen molar-refractivity contribution in [2.24, 2.45) is 0 Å². The van der Waals surface area contributed by atoms with Gasteiger partial charge in [-0.3, -0.25) is 4.79 Å². The highest BCUT2D eigenvalue weighted by Gasteiger charge is 2.18. The van der Waals surface area contributed by atoms with Gasteiger partial charge in [0.25, 0.3) is 0 Å². The van der Waals surface area contributed by atoms with Crippen molar-refractivity contribution < 1.29 is 4.79 Å². The van der Waals surface area contributed by atoms with Crippen LogP contribution in [0, 0.1) is 20.8 Å². The number of alkyl halides is 1. The fourth-order valence-electron chi connectivity index (χ4n) is 1.29. The summed E-state index contributed by atoms with van der Waals surface area (Å²) in [5, 5.41) is -0.462. The lowest BCUT2D eigenvalue weighted by atomic mass is 10.1. The minimum absolute atomic E-state index is 0.0321. The molecule has 0 aliphatic rings. The van der Waals surface area contributed by atoms with Crippen LogP contribution < -0.4 is 0 Å². The lowest BCUT2D eigenvalue weighted by Crippen LogP contribution is -2.12. The van der Waals surface area contributed by atoms with E-state index in [0.29, 0.717) is 5.69 Å². The van der Waals surface area contributed by atoms with E-state index in [1.165, 1.54) is 0 Å². The van der Waals surface area contributed by atoms with Gasteiger partial charge in [0, 0.05) is 5.69 Å². The number of H-pyrrole nitrogens is 1. The highest BCUT2D eigenvalue weighted by Crippen LogP contribution is 2.18. The van der Waals surface area contributed by atoms with Gasteiger partial charge >= 0.3 is 0 Å². The number of nitrogens with one attached hydrogen (secondary N) is 1. The number of aromatic nitrogens is 1. The Hall–Kier alpha value is -0.760. The molecule has 13 heavy (non-hydrogen) atoms. The molecule has 1 rings (SSSR count). The topological polar surface area (TPSA) is 32.9 Å². The minimum atomic E-state index is -0.462. The number of rotatable bonds is 2. The van der Waals surface area contributed by atoms with Gasteiger partial charge in [-0.25, -0.2) is 0 Å². The van der Waals surface area contributed by atoms with E-state index in [4.69, 9.17) is 11.6 Å². The van der Waals surface area contributed by atoms with Crippen LogP contribution in [-0.2, 0) is 0 Å². The van der Waals surface area contributed by atoms with Crippen LogP contribution in [0.25, 0.3) is 0 Å². The molecule has 1 unspecified atom stereocenters. The molecule has 1 heterocycles. The number of aromatic amines is 1. The van der Waals surface area contributed by atoms with Gasteiger partial charge in [0.1, 0.15) is 0 Å². The van der Waals surface area contributed by atoms with Crippen molar-refractivity contribution >= 4 is 17.4 Å². The van der Waals surface area contributed by atoms with E-state index in [0.717, 1.165) is 16.8 Å². The fraction of sp³-hybridized carbons (Fsp3) is 0.500. The third-order valence-electron chi connectivity index (χ3n) is 2.42. The van der Waals surface area contributed by atoms with Crippen LogP contribution in [0.2, 0.25) is 0 Å². The number of halogens is 1. The fourth-order valence-corrected chi connectivity index (χ4v) is 1.40. The number of hydrogen-bond donors (Lipinski definition) is 1. The van der Waals surface area contributed by atoms with Crippen LogP contribution in [-0.4, -0.2) is 16.1 Å². The Balaban J connectivity index is 3.16. The molecular weight excluding hydrogens is 186 g/mol. The molecule has 3 heteroatoms. The Kier molecular flexibility index (Phi) is 2.81. The molecule has 0 aliphatic heterocycles. The summed E-state index contributed by atoms with van der Waals surface area (Å²) < 4.78 is 0. The molecule has 0 aromatic carbocycles. The summed E-state index contributed by atoms with van der Waals surface area (Å²) in [6.45, 7) is 7.58. The number of ketones is 1. The predicted molar refractivity (Wildman–Crippen MR) is 54.6 cm³/mol. The third kappa shape index (κ3) is 1.78. The van der Waals surface area contributed by atoms with Gasteiger partial charge in [0.05, 0.1) is 11.1 Å². The van der Waals surface area contributed by atoms with Crippen molar-refractivity contribution in [3.05, 3.63) is 22.5 Å². The highest BCUT2D eigenvalue weighted by molar-refractivity contribution is 6.33. The van der Waals surface area contributed by atoms with Crippen molar-refractivity contribution in [1.82, 2.24) is 4.98 Å². The minimum Gasteiger partial charge on any atom is -0.356 e. The average Bonchev–Trinajstić information content (AvgIpc) is 2.31. The lowest BCUT2D eigenvalue weighted by Gasteiger charge is -2.00. The van der Waals surface area contributed by atoms with Crippen LogP contribution in [0.4, 0.5) is 0 Å². The maximum Gasteiger partial charge on any atom is 0.196 e. The molecule has 0 radical (unpaired) electrons. The zero-order chi connectivity index (χ0) is 10.2. The van der Waals surface area contributed by atoms with E-state index in [9.17, 15) is 4.79 Å². The normalized spacial score (nSPS) is 13.0. The van der Waals surface area contributed by atoms with Gasteiger partial charge in [-0.1, -0.05) is 0 Å². The molecule has 1 atom stereocenters. The summed E-state index contributed by atoms with van der Waals surface area (Å²) in [6, 6.07) is 0. The second kappa shape index (κ2) is 3.54. The summed E-state index contributed by atoms with van der Waals surface area (Å²) in [6.07, 6.45) is 0. The summed E-state index contributed by atoms with van der Waals surface area (Å²) >= 11 is 5.73. The van der Waals surface area contributed by atoms with E-state index in [2.05, 4.69) is 4.98 Å². The van der Waals surface area contributed by atoms with Crippen LogP contribution >= 0.6 is 11.6 Å². The van der Waals surface area contributed by atoms with Gasteiger partial charge in [0.15, 0.2) is 5.78 Å². The lowest BCUT2D eigenvalue weighted by molar-refractivity contribution is 0.0987. The van der Waals surface area contributed by atoms with Crippen molar-refractivity contribution in [3.63, 3.8) is 0 Å². The third-order valence-corrected chi connectivity index (χ3v) is 2.62. The molecular formula is C10H14ClNO. The summed E-state index contributed by atoms with van der Waals surface area (Å²) in [4.78, 5) is 14.6. The maximum atomic E-state index is 11.6. The molecule has 2 nitrogen and oxygen atoms in total.